The van der Waals surface area contributed by atoms with Crippen LogP contribution >= 0.6 is 11.8 Å². The molecule has 0 saturated carbocycles. The van der Waals surface area contributed by atoms with Gasteiger partial charge in [-0.3, -0.25) is 0 Å². The number of guanidine groups is 1. The van der Waals surface area contributed by atoms with E-state index in [0.29, 0.717) is 5.96 Å². The fourth-order valence-corrected chi connectivity index (χ4v) is 1.62. The SMILES string of the molecule is CSc1ccc(NC(N)=NC(C)(C)C)cc1. The highest BCUT2D eigenvalue weighted by atomic mass is 32.2. The van der Waals surface area contributed by atoms with Gasteiger partial charge in [0.15, 0.2) is 5.96 Å². The minimum Gasteiger partial charge on any atom is -0.370 e. The van der Waals surface area contributed by atoms with Crippen LogP contribution in [0.4, 0.5) is 5.69 Å². The van der Waals surface area contributed by atoms with Gasteiger partial charge in [-0.1, -0.05) is 0 Å². The fourth-order valence-electron chi connectivity index (χ4n) is 1.21. The maximum Gasteiger partial charge on any atom is 0.193 e. The Labute approximate surface area is 102 Å². The van der Waals surface area contributed by atoms with E-state index in [9.17, 15) is 0 Å². The van der Waals surface area contributed by atoms with Gasteiger partial charge >= 0.3 is 0 Å². The molecule has 0 fully saturated rings. The Hall–Kier alpha value is -1.16. The zero-order valence-corrected chi connectivity index (χ0v) is 11.1. The largest absolute Gasteiger partial charge is 0.370 e. The van der Waals surface area contributed by atoms with Gasteiger partial charge in [0.05, 0.1) is 5.54 Å². The second-order valence-electron chi connectivity index (χ2n) is 4.52. The number of benzene rings is 1. The molecule has 16 heavy (non-hydrogen) atoms. The number of hydrogen-bond donors (Lipinski definition) is 2. The van der Waals surface area contributed by atoms with Crippen LogP contribution < -0.4 is 11.1 Å². The maximum absolute atomic E-state index is 5.80. The van der Waals surface area contributed by atoms with Crippen molar-refractivity contribution in [3.63, 3.8) is 0 Å². The normalized spacial score (nSPS) is 12.6. The van der Waals surface area contributed by atoms with E-state index in [1.807, 2.05) is 32.9 Å². The molecule has 1 aromatic rings. The van der Waals surface area contributed by atoms with Crippen LogP contribution in [0.1, 0.15) is 20.8 Å². The lowest BCUT2D eigenvalue weighted by Crippen LogP contribution is -2.27. The van der Waals surface area contributed by atoms with E-state index >= 15 is 0 Å². The average Bonchev–Trinajstić information content (AvgIpc) is 2.16. The van der Waals surface area contributed by atoms with Crippen molar-refractivity contribution in [2.75, 3.05) is 11.6 Å². The first-order chi connectivity index (χ1) is 7.40. The maximum atomic E-state index is 5.80. The van der Waals surface area contributed by atoms with Gasteiger partial charge in [-0.05, 0) is 51.3 Å². The van der Waals surface area contributed by atoms with Gasteiger partial charge < -0.3 is 11.1 Å². The van der Waals surface area contributed by atoms with Crippen molar-refractivity contribution in [1.29, 1.82) is 0 Å². The van der Waals surface area contributed by atoms with Crippen LogP contribution in [0.15, 0.2) is 34.2 Å². The van der Waals surface area contributed by atoms with Gasteiger partial charge in [-0.2, -0.15) is 0 Å². The number of anilines is 1. The molecule has 0 saturated heterocycles. The first kappa shape index (κ1) is 12.9. The quantitative estimate of drug-likeness (QED) is 0.472. The zero-order valence-electron chi connectivity index (χ0n) is 10.2. The van der Waals surface area contributed by atoms with E-state index in [4.69, 9.17) is 5.73 Å². The van der Waals surface area contributed by atoms with Crippen LogP contribution in [-0.4, -0.2) is 17.8 Å². The van der Waals surface area contributed by atoms with E-state index in [2.05, 4.69) is 28.7 Å². The van der Waals surface area contributed by atoms with Crippen LogP contribution in [0.2, 0.25) is 0 Å². The molecule has 1 rings (SSSR count). The number of nitrogens with two attached hydrogens (primary N) is 1. The predicted molar refractivity (Wildman–Crippen MR) is 73.2 cm³/mol. The van der Waals surface area contributed by atoms with Gasteiger partial charge in [-0.25, -0.2) is 4.99 Å². The van der Waals surface area contributed by atoms with E-state index in [1.54, 1.807) is 11.8 Å². The van der Waals surface area contributed by atoms with E-state index in [1.165, 1.54) is 4.90 Å². The summed E-state index contributed by atoms with van der Waals surface area (Å²) in [4.78, 5) is 5.56. The molecule has 0 bridgehead atoms. The lowest BCUT2D eigenvalue weighted by molar-refractivity contribution is 0.583. The first-order valence-corrected chi connectivity index (χ1v) is 6.39. The fraction of sp³-hybridized carbons (Fsp3) is 0.417. The van der Waals surface area contributed by atoms with Crippen LogP contribution in [0.5, 0.6) is 0 Å². The summed E-state index contributed by atoms with van der Waals surface area (Å²) >= 11 is 1.72. The van der Waals surface area contributed by atoms with Crippen LogP contribution in [0.3, 0.4) is 0 Å². The molecule has 1 aromatic carbocycles. The molecule has 0 aromatic heterocycles. The first-order valence-electron chi connectivity index (χ1n) is 5.17. The number of thioether (sulfide) groups is 1. The van der Waals surface area contributed by atoms with Crippen molar-refractivity contribution in [3.05, 3.63) is 24.3 Å². The van der Waals surface area contributed by atoms with Crippen molar-refractivity contribution < 1.29 is 0 Å². The Morgan fingerprint density at radius 3 is 2.25 bits per heavy atom. The molecule has 3 N–H and O–H groups in total. The third-order valence-corrected chi connectivity index (χ3v) is 2.56. The second kappa shape index (κ2) is 5.25. The summed E-state index contributed by atoms with van der Waals surface area (Å²) in [6, 6.07) is 8.10. The molecule has 0 radical (unpaired) electrons. The van der Waals surface area contributed by atoms with Crippen molar-refractivity contribution >= 4 is 23.4 Å². The number of rotatable bonds is 2. The molecular weight excluding hydrogens is 218 g/mol. The molecule has 0 amide bonds. The topological polar surface area (TPSA) is 50.4 Å². The van der Waals surface area contributed by atoms with Crippen molar-refractivity contribution in [2.24, 2.45) is 10.7 Å². The Morgan fingerprint density at radius 1 is 1.25 bits per heavy atom. The summed E-state index contributed by atoms with van der Waals surface area (Å²) < 4.78 is 0. The van der Waals surface area contributed by atoms with Crippen LogP contribution in [0.25, 0.3) is 0 Å². The second-order valence-corrected chi connectivity index (χ2v) is 5.40. The monoisotopic (exact) mass is 237 g/mol. The highest BCUT2D eigenvalue weighted by Crippen LogP contribution is 2.17. The Balaban J connectivity index is 2.70. The standard InChI is InChI=1S/C12H19N3S/c1-12(2,3)15-11(13)14-9-5-7-10(16-4)8-6-9/h5-8H,1-4H3,(H3,13,14,15). The van der Waals surface area contributed by atoms with E-state index in [0.717, 1.165) is 5.69 Å². The molecule has 0 heterocycles. The van der Waals surface area contributed by atoms with Gasteiger partial charge in [0, 0.05) is 10.6 Å². The molecule has 0 spiro atoms. The van der Waals surface area contributed by atoms with Gasteiger partial charge in [-0.15, -0.1) is 11.8 Å². The average molecular weight is 237 g/mol. The molecule has 88 valence electrons. The number of nitrogens with one attached hydrogen (secondary N) is 1. The van der Waals surface area contributed by atoms with Crippen LogP contribution in [0, 0.1) is 0 Å². The molecule has 0 aliphatic rings. The molecule has 0 unspecified atom stereocenters. The zero-order chi connectivity index (χ0) is 12.2. The van der Waals surface area contributed by atoms with Gasteiger partial charge in [0.25, 0.3) is 0 Å². The summed E-state index contributed by atoms with van der Waals surface area (Å²) in [5, 5.41) is 3.07. The predicted octanol–water partition coefficient (Wildman–Crippen LogP) is 2.93. The number of nitrogens with zero attached hydrogens (tertiary/aromatic N) is 1. The van der Waals surface area contributed by atoms with Gasteiger partial charge in [0.1, 0.15) is 0 Å². The summed E-state index contributed by atoms with van der Waals surface area (Å²) in [5.74, 6) is 0.449. The smallest absolute Gasteiger partial charge is 0.193 e. The third kappa shape index (κ3) is 4.57. The van der Waals surface area contributed by atoms with E-state index in [-0.39, 0.29) is 5.54 Å². The van der Waals surface area contributed by atoms with Gasteiger partial charge in [0.2, 0.25) is 0 Å². The van der Waals surface area contributed by atoms with Crippen molar-refractivity contribution in [1.82, 2.24) is 0 Å². The molecule has 0 aliphatic heterocycles. The third-order valence-electron chi connectivity index (χ3n) is 1.82. The summed E-state index contributed by atoms with van der Waals surface area (Å²) in [6.45, 7) is 6.04. The van der Waals surface area contributed by atoms with Crippen molar-refractivity contribution in [3.8, 4) is 0 Å². The molecule has 3 nitrogen and oxygen atoms in total. The number of aliphatic imine (C=N–C) groups is 1. The molecular formula is C12H19N3S. The molecule has 0 aliphatic carbocycles. The minimum absolute atomic E-state index is 0.156. The Kier molecular flexibility index (Phi) is 4.24. The molecule has 4 heteroatoms. The highest BCUT2D eigenvalue weighted by Gasteiger charge is 2.07. The van der Waals surface area contributed by atoms with E-state index < -0.39 is 0 Å². The summed E-state index contributed by atoms with van der Waals surface area (Å²) in [7, 11) is 0. The highest BCUT2D eigenvalue weighted by molar-refractivity contribution is 7.98. The Morgan fingerprint density at radius 2 is 1.81 bits per heavy atom. The van der Waals surface area contributed by atoms with Crippen molar-refractivity contribution in [2.45, 2.75) is 31.2 Å². The van der Waals surface area contributed by atoms with Crippen LogP contribution in [-0.2, 0) is 0 Å². The number of hydrogen-bond acceptors (Lipinski definition) is 2. The summed E-state index contributed by atoms with van der Waals surface area (Å²) in [5.41, 5.74) is 6.60. The minimum atomic E-state index is -0.156. The summed E-state index contributed by atoms with van der Waals surface area (Å²) in [6.07, 6.45) is 2.05. The molecule has 0 atom stereocenters. The Bertz CT molecular complexity index is 363. The lowest BCUT2D eigenvalue weighted by atomic mass is 10.1. The lowest BCUT2D eigenvalue weighted by Gasteiger charge is -2.14.